The van der Waals surface area contributed by atoms with Crippen molar-refractivity contribution in [2.45, 2.75) is 13.5 Å². The highest BCUT2D eigenvalue weighted by molar-refractivity contribution is 5.90. The Kier molecular flexibility index (Phi) is 3.89. The van der Waals surface area contributed by atoms with Crippen molar-refractivity contribution in [2.75, 3.05) is 5.32 Å². The molecule has 0 aliphatic carbocycles. The zero-order chi connectivity index (χ0) is 14.5. The van der Waals surface area contributed by atoms with Gasteiger partial charge in [-0.05, 0) is 19.1 Å². The van der Waals surface area contributed by atoms with Crippen LogP contribution in [0.5, 0.6) is 0 Å². The molecule has 0 spiro atoms. The number of carboxylic acid groups (broad SMARTS) is 1. The second kappa shape index (κ2) is 5.78. The average molecular weight is 277 g/mol. The molecule has 104 valence electrons. The number of aromatic carboxylic acids is 1. The lowest BCUT2D eigenvalue weighted by atomic mass is 10.3. The molecule has 0 aromatic carbocycles. The van der Waals surface area contributed by atoms with E-state index >= 15 is 0 Å². The summed E-state index contributed by atoms with van der Waals surface area (Å²) in [5, 5.41) is 17.3. The third-order valence-corrected chi connectivity index (χ3v) is 2.21. The van der Waals surface area contributed by atoms with Crippen LogP contribution in [-0.2, 0) is 6.54 Å². The molecule has 0 atom stereocenters. The lowest BCUT2D eigenvalue weighted by Crippen LogP contribution is -2.28. The molecule has 20 heavy (non-hydrogen) atoms. The van der Waals surface area contributed by atoms with Gasteiger partial charge in [0.25, 0.3) is 0 Å². The van der Waals surface area contributed by atoms with E-state index in [1.807, 2.05) is 0 Å². The second-order valence-electron chi connectivity index (χ2n) is 3.78. The maximum absolute atomic E-state index is 11.6. The first-order chi connectivity index (χ1) is 9.54. The van der Waals surface area contributed by atoms with Crippen molar-refractivity contribution >= 4 is 17.7 Å². The number of carboxylic acids is 1. The number of aryl methyl sites for hydroxylation is 1. The maximum Gasteiger partial charge on any atom is 0.354 e. The summed E-state index contributed by atoms with van der Waals surface area (Å²) in [5.74, 6) is -0.361. The van der Waals surface area contributed by atoms with Crippen LogP contribution in [0.15, 0.2) is 22.9 Å². The molecule has 2 aromatic rings. The second-order valence-corrected chi connectivity index (χ2v) is 3.78. The number of amides is 2. The van der Waals surface area contributed by atoms with Gasteiger partial charge in [0.1, 0.15) is 5.69 Å². The van der Waals surface area contributed by atoms with Crippen molar-refractivity contribution in [2.24, 2.45) is 0 Å². The minimum Gasteiger partial charge on any atom is -0.477 e. The van der Waals surface area contributed by atoms with Crippen LogP contribution >= 0.6 is 0 Å². The predicted octanol–water partition coefficient (Wildman–Crippen LogP) is 0.793. The number of hydrogen-bond acceptors (Lipinski definition) is 6. The van der Waals surface area contributed by atoms with Gasteiger partial charge in [0.15, 0.2) is 5.82 Å². The monoisotopic (exact) mass is 277 g/mol. The van der Waals surface area contributed by atoms with Gasteiger partial charge < -0.3 is 20.3 Å². The Morgan fingerprint density at radius 2 is 2.20 bits per heavy atom. The van der Waals surface area contributed by atoms with E-state index in [-0.39, 0.29) is 18.1 Å². The summed E-state index contributed by atoms with van der Waals surface area (Å²) in [7, 11) is 0. The Balaban J connectivity index is 1.86. The van der Waals surface area contributed by atoms with Crippen molar-refractivity contribution in [3.05, 3.63) is 35.7 Å². The molecule has 9 nitrogen and oxygen atoms in total. The molecular weight excluding hydrogens is 266 g/mol. The number of nitrogens with one attached hydrogen (secondary N) is 2. The molecule has 2 amide bonds. The van der Waals surface area contributed by atoms with Gasteiger partial charge in [0.2, 0.25) is 5.89 Å². The number of hydrogen-bond donors (Lipinski definition) is 3. The summed E-state index contributed by atoms with van der Waals surface area (Å²) in [6.45, 7) is 1.76. The highest BCUT2D eigenvalue weighted by Gasteiger charge is 2.07. The molecule has 2 rings (SSSR count). The fourth-order valence-corrected chi connectivity index (χ4v) is 1.34. The molecule has 0 radical (unpaired) electrons. The number of urea groups is 1. The Hall–Kier alpha value is -2.97. The minimum absolute atomic E-state index is 0.0906. The summed E-state index contributed by atoms with van der Waals surface area (Å²) < 4.78 is 4.83. The van der Waals surface area contributed by atoms with Crippen molar-refractivity contribution in [1.82, 2.24) is 20.4 Å². The smallest absolute Gasteiger partial charge is 0.354 e. The van der Waals surface area contributed by atoms with Gasteiger partial charge in [-0.2, -0.15) is 4.98 Å². The van der Waals surface area contributed by atoms with E-state index in [1.165, 1.54) is 18.3 Å². The molecule has 9 heteroatoms. The van der Waals surface area contributed by atoms with E-state index < -0.39 is 12.0 Å². The quantitative estimate of drug-likeness (QED) is 0.753. The molecule has 0 aliphatic rings. The Morgan fingerprint density at radius 3 is 2.75 bits per heavy atom. The van der Waals surface area contributed by atoms with Crippen LogP contribution in [0.4, 0.5) is 10.5 Å². The topological polar surface area (TPSA) is 130 Å². The first-order valence-electron chi connectivity index (χ1n) is 5.58. The van der Waals surface area contributed by atoms with Gasteiger partial charge in [-0.25, -0.2) is 14.6 Å². The van der Waals surface area contributed by atoms with E-state index in [0.29, 0.717) is 11.5 Å². The number of rotatable bonds is 4. The first kappa shape index (κ1) is 13.5. The van der Waals surface area contributed by atoms with Crippen LogP contribution < -0.4 is 10.6 Å². The number of anilines is 1. The van der Waals surface area contributed by atoms with Crippen LogP contribution in [-0.4, -0.2) is 32.2 Å². The molecule has 0 bridgehead atoms. The summed E-state index contributed by atoms with van der Waals surface area (Å²) >= 11 is 0. The van der Waals surface area contributed by atoms with Crippen LogP contribution in [0.3, 0.4) is 0 Å². The molecule has 0 fully saturated rings. The third kappa shape index (κ3) is 3.51. The van der Waals surface area contributed by atoms with Crippen molar-refractivity contribution in [3.8, 4) is 0 Å². The van der Waals surface area contributed by atoms with Gasteiger partial charge >= 0.3 is 12.0 Å². The lowest BCUT2D eigenvalue weighted by Gasteiger charge is -2.05. The third-order valence-electron chi connectivity index (χ3n) is 2.21. The number of nitrogens with zero attached hydrogens (tertiary/aromatic N) is 3. The zero-order valence-electron chi connectivity index (χ0n) is 10.5. The highest BCUT2D eigenvalue weighted by atomic mass is 16.5. The molecule has 0 saturated heterocycles. The van der Waals surface area contributed by atoms with E-state index in [4.69, 9.17) is 9.63 Å². The number of carbonyl (C=O) groups is 2. The normalized spacial score (nSPS) is 10.1. The Labute approximate surface area is 113 Å². The molecule has 3 N–H and O–H groups in total. The summed E-state index contributed by atoms with van der Waals surface area (Å²) in [6, 6.07) is 2.23. The zero-order valence-corrected chi connectivity index (χ0v) is 10.5. The molecule has 0 unspecified atom stereocenters. The fraction of sp³-hybridized carbons (Fsp3) is 0.182. The summed E-state index contributed by atoms with van der Waals surface area (Å²) in [6.07, 6.45) is 1.25. The minimum atomic E-state index is -1.13. The molecule has 0 saturated carbocycles. The van der Waals surface area contributed by atoms with Gasteiger partial charge in [0.05, 0.1) is 18.4 Å². The van der Waals surface area contributed by atoms with Crippen molar-refractivity contribution < 1.29 is 19.2 Å². The Morgan fingerprint density at radius 1 is 1.40 bits per heavy atom. The summed E-state index contributed by atoms with van der Waals surface area (Å²) in [4.78, 5) is 29.8. The van der Waals surface area contributed by atoms with Gasteiger partial charge in [-0.3, -0.25) is 0 Å². The van der Waals surface area contributed by atoms with Gasteiger partial charge in [-0.15, -0.1) is 0 Å². The Bertz CT molecular complexity index is 622. The molecule has 2 heterocycles. The first-order valence-corrected chi connectivity index (χ1v) is 5.58. The fourth-order valence-electron chi connectivity index (χ4n) is 1.34. The van der Waals surface area contributed by atoms with Gasteiger partial charge in [0, 0.05) is 0 Å². The highest BCUT2D eigenvalue weighted by Crippen LogP contribution is 2.06. The van der Waals surface area contributed by atoms with Crippen LogP contribution in [0.2, 0.25) is 0 Å². The van der Waals surface area contributed by atoms with Crippen LogP contribution in [0.25, 0.3) is 0 Å². The molecule has 2 aromatic heterocycles. The number of pyridine rings is 1. The van der Waals surface area contributed by atoms with Crippen molar-refractivity contribution in [3.63, 3.8) is 0 Å². The summed E-state index contributed by atoms with van der Waals surface area (Å²) in [5.41, 5.74) is 0.270. The molecule has 0 aliphatic heterocycles. The predicted molar refractivity (Wildman–Crippen MR) is 66.1 cm³/mol. The largest absolute Gasteiger partial charge is 0.477 e. The molecular formula is C11H11N5O4. The SMILES string of the molecule is Cc1noc(CNC(=O)Nc2ccc(C(=O)O)nc2)n1. The van der Waals surface area contributed by atoms with Crippen LogP contribution in [0, 0.1) is 6.92 Å². The maximum atomic E-state index is 11.6. The average Bonchev–Trinajstić information content (AvgIpc) is 2.83. The van der Waals surface area contributed by atoms with E-state index in [9.17, 15) is 9.59 Å². The lowest BCUT2D eigenvalue weighted by molar-refractivity contribution is 0.0690. The van der Waals surface area contributed by atoms with E-state index in [1.54, 1.807) is 6.92 Å². The number of aromatic nitrogens is 3. The van der Waals surface area contributed by atoms with E-state index in [2.05, 4.69) is 25.8 Å². The van der Waals surface area contributed by atoms with E-state index in [0.717, 1.165) is 0 Å². The standard InChI is InChI=1S/C11H11N5O4/c1-6-14-9(20-16-6)5-13-11(19)15-7-2-3-8(10(17)18)12-4-7/h2-4H,5H2,1H3,(H,17,18)(H2,13,15,19). The van der Waals surface area contributed by atoms with Crippen molar-refractivity contribution in [1.29, 1.82) is 0 Å². The van der Waals surface area contributed by atoms with Crippen LogP contribution in [0.1, 0.15) is 22.2 Å². The number of carbonyl (C=O) groups excluding carboxylic acids is 1. The van der Waals surface area contributed by atoms with Gasteiger partial charge in [-0.1, -0.05) is 5.16 Å².